The highest BCUT2D eigenvalue weighted by Crippen LogP contribution is 1.95. The first-order valence-electron chi connectivity index (χ1n) is 5.87. The van der Waals surface area contributed by atoms with Gasteiger partial charge in [0, 0.05) is 25.6 Å². The Hall–Kier alpha value is -2.81. The lowest BCUT2D eigenvalue weighted by Gasteiger charge is -2.10. The lowest BCUT2D eigenvalue weighted by Crippen LogP contribution is -2.48. The van der Waals surface area contributed by atoms with Crippen LogP contribution in [-0.2, 0) is 7.05 Å². The molecule has 2 aromatic heterocycles. The Bertz CT molecular complexity index is 669. The summed E-state index contributed by atoms with van der Waals surface area (Å²) in [5.74, 6) is -0.844. The van der Waals surface area contributed by atoms with Crippen LogP contribution in [0.3, 0.4) is 0 Å². The van der Waals surface area contributed by atoms with E-state index in [1.807, 2.05) is 0 Å². The summed E-state index contributed by atoms with van der Waals surface area (Å²) in [5.41, 5.74) is 5.51. The zero-order chi connectivity index (χ0) is 15.2. The van der Waals surface area contributed by atoms with Gasteiger partial charge < -0.3 is 0 Å². The minimum atomic E-state index is -0.423. The standard InChI is InChI=1S/C12H12N6O2S/c1-18-9(4-6-14-18)11(20)16-17-12(21)15-10(19)8-3-2-5-13-7-8/h2-7H,1H3,(H,16,20)(H2,15,17,19,21). The van der Waals surface area contributed by atoms with Crippen molar-refractivity contribution in [2.45, 2.75) is 0 Å². The fraction of sp³-hybridized carbons (Fsp3) is 0.0833. The van der Waals surface area contributed by atoms with Gasteiger partial charge >= 0.3 is 0 Å². The minimum absolute atomic E-state index is 0.0284. The molecule has 0 unspecified atom stereocenters. The third-order valence-electron chi connectivity index (χ3n) is 2.49. The number of carbonyl (C=O) groups excluding carboxylic acids is 2. The summed E-state index contributed by atoms with van der Waals surface area (Å²) >= 11 is 4.91. The number of nitrogens with zero attached hydrogens (tertiary/aromatic N) is 3. The highest BCUT2D eigenvalue weighted by atomic mass is 32.1. The smallest absolute Gasteiger partial charge is 0.287 e. The van der Waals surface area contributed by atoms with Gasteiger partial charge in [-0.3, -0.25) is 35.4 Å². The van der Waals surface area contributed by atoms with E-state index in [1.54, 1.807) is 31.4 Å². The first-order chi connectivity index (χ1) is 10.1. The third-order valence-corrected chi connectivity index (χ3v) is 2.70. The highest BCUT2D eigenvalue weighted by molar-refractivity contribution is 7.80. The van der Waals surface area contributed by atoms with Gasteiger partial charge in [-0.25, -0.2) is 0 Å². The van der Waals surface area contributed by atoms with E-state index in [0.717, 1.165) is 0 Å². The summed E-state index contributed by atoms with van der Waals surface area (Å²) in [6.07, 6.45) is 4.46. The molecule has 0 aliphatic carbocycles. The molecule has 0 aliphatic heterocycles. The molecule has 0 saturated heterocycles. The molecule has 0 aliphatic rings. The molecule has 0 spiro atoms. The van der Waals surface area contributed by atoms with E-state index in [-0.39, 0.29) is 5.11 Å². The van der Waals surface area contributed by atoms with Gasteiger partial charge in [0.2, 0.25) is 0 Å². The van der Waals surface area contributed by atoms with Gasteiger partial charge in [0.15, 0.2) is 5.11 Å². The maximum Gasteiger partial charge on any atom is 0.287 e. The monoisotopic (exact) mass is 304 g/mol. The van der Waals surface area contributed by atoms with Crippen LogP contribution in [0.4, 0.5) is 0 Å². The number of rotatable bonds is 2. The lowest BCUT2D eigenvalue weighted by molar-refractivity contribution is 0.0926. The van der Waals surface area contributed by atoms with Gasteiger partial charge in [0.05, 0.1) is 5.56 Å². The van der Waals surface area contributed by atoms with Crippen molar-refractivity contribution in [2.24, 2.45) is 7.05 Å². The number of pyridine rings is 1. The largest absolute Gasteiger partial charge is 0.298 e. The third kappa shape index (κ3) is 3.83. The van der Waals surface area contributed by atoms with E-state index in [1.165, 1.54) is 17.1 Å². The lowest BCUT2D eigenvalue weighted by atomic mass is 10.3. The number of hydrogen-bond acceptors (Lipinski definition) is 5. The van der Waals surface area contributed by atoms with Gasteiger partial charge in [-0.05, 0) is 30.4 Å². The van der Waals surface area contributed by atoms with Gasteiger partial charge in [0.25, 0.3) is 11.8 Å². The Morgan fingerprint density at radius 3 is 2.62 bits per heavy atom. The average Bonchev–Trinajstić information content (AvgIpc) is 2.92. The molecule has 0 aromatic carbocycles. The molecule has 2 heterocycles. The second-order valence-electron chi connectivity index (χ2n) is 3.94. The van der Waals surface area contributed by atoms with E-state index in [2.05, 4.69) is 26.3 Å². The molecule has 2 rings (SSSR count). The molecule has 2 amide bonds. The first-order valence-corrected chi connectivity index (χ1v) is 6.28. The number of aromatic nitrogens is 3. The number of aryl methyl sites for hydroxylation is 1. The molecular formula is C12H12N6O2S. The Morgan fingerprint density at radius 2 is 2.00 bits per heavy atom. The van der Waals surface area contributed by atoms with Gasteiger partial charge in [-0.15, -0.1) is 0 Å². The fourth-order valence-corrected chi connectivity index (χ4v) is 1.62. The number of amides is 2. The van der Waals surface area contributed by atoms with Crippen molar-refractivity contribution >= 4 is 29.1 Å². The Labute approximate surface area is 125 Å². The predicted octanol–water partition coefficient (Wildman–Crippen LogP) is -0.236. The number of hydrogen-bond donors (Lipinski definition) is 3. The summed E-state index contributed by atoms with van der Waals surface area (Å²) in [5, 5.41) is 6.26. The van der Waals surface area contributed by atoms with Crippen molar-refractivity contribution in [3.63, 3.8) is 0 Å². The van der Waals surface area contributed by atoms with Crippen molar-refractivity contribution in [3.05, 3.63) is 48.0 Å². The molecule has 0 radical (unpaired) electrons. The van der Waals surface area contributed by atoms with Crippen LogP contribution in [0.25, 0.3) is 0 Å². The van der Waals surface area contributed by atoms with E-state index in [9.17, 15) is 9.59 Å². The predicted molar refractivity (Wildman–Crippen MR) is 78.1 cm³/mol. The average molecular weight is 304 g/mol. The Morgan fingerprint density at radius 1 is 1.19 bits per heavy atom. The van der Waals surface area contributed by atoms with E-state index in [4.69, 9.17) is 12.2 Å². The second-order valence-corrected chi connectivity index (χ2v) is 4.35. The van der Waals surface area contributed by atoms with Crippen LogP contribution in [0.15, 0.2) is 36.8 Å². The molecule has 0 bridgehead atoms. The van der Waals surface area contributed by atoms with Crippen LogP contribution in [0.5, 0.6) is 0 Å². The van der Waals surface area contributed by atoms with E-state index in [0.29, 0.717) is 11.3 Å². The Kier molecular flexibility index (Phi) is 4.57. The topological polar surface area (TPSA) is 101 Å². The van der Waals surface area contributed by atoms with Crippen LogP contribution in [0.1, 0.15) is 20.8 Å². The molecule has 0 fully saturated rings. The van der Waals surface area contributed by atoms with Crippen LogP contribution >= 0.6 is 12.2 Å². The number of nitrogens with one attached hydrogen (secondary N) is 3. The number of carbonyl (C=O) groups is 2. The maximum atomic E-state index is 11.8. The Balaban J connectivity index is 1.84. The molecular weight excluding hydrogens is 292 g/mol. The van der Waals surface area contributed by atoms with Crippen LogP contribution in [0, 0.1) is 0 Å². The molecule has 3 N–H and O–H groups in total. The molecule has 8 nitrogen and oxygen atoms in total. The normalized spacial score (nSPS) is 9.76. The SMILES string of the molecule is Cn1nccc1C(=O)NNC(=S)NC(=O)c1cccnc1. The summed E-state index contributed by atoms with van der Waals surface area (Å²) in [7, 11) is 1.64. The molecule has 9 heteroatoms. The summed E-state index contributed by atoms with van der Waals surface area (Å²) in [6, 6.07) is 4.78. The number of thiocarbonyl (C=S) groups is 1. The molecule has 21 heavy (non-hydrogen) atoms. The van der Waals surface area contributed by atoms with Crippen molar-refractivity contribution in [2.75, 3.05) is 0 Å². The second kappa shape index (κ2) is 6.57. The van der Waals surface area contributed by atoms with Gasteiger partial charge in [0.1, 0.15) is 5.69 Å². The van der Waals surface area contributed by atoms with Gasteiger partial charge in [-0.1, -0.05) is 0 Å². The molecule has 2 aromatic rings. The minimum Gasteiger partial charge on any atom is -0.298 e. The maximum absolute atomic E-state index is 11.8. The summed E-state index contributed by atoms with van der Waals surface area (Å²) in [6.45, 7) is 0. The fourth-order valence-electron chi connectivity index (χ4n) is 1.48. The van der Waals surface area contributed by atoms with Crippen molar-refractivity contribution in [1.82, 2.24) is 30.9 Å². The van der Waals surface area contributed by atoms with Crippen LogP contribution in [-0.4, -0.2) is 31.7 Å². The zero-order valence-corrected chi connectivity index (χ0v) is 11.8. The molecule has 0 saturated carbocycles. The summed E-state index contributed by atoms with van der Waals surface area (Å²) in [4.78, 5) is 27.4. The van der Waals surface area contributed by atoms with Crippen molar-refractivity contribution in [3.8, 4) is 0 Å². The van der Waals surface area contributed by atoms with Gasteiger partial charge in [-0.2, -0.15) is 5.10 Å². The van der Waals surface area contributed by atoms with E-state index >= 15 is 0 Å². The highest BCUT2D eigenvalue weighted by Gasteiger charge is 2.11. The zero-order valence-electron chi connectivity index (χ0n) is 11.0. The van der Waals surface area contributed by atoms with Crippen molar-refractivity contribution in [1.29, 1.82) is 0 Å². The summed E-state index contributed by atoms with van der Waals surface area (Å²) < 4.78 is 1.41. The van der Waals surface area contributed by atoms with Crippen LogP contribution < -0.4 is 16.2 Å². The van der Waals surface area contributed by atoms with Crippen molar-refractivity contribution < 1.29 is 9.59 Å². The van der Waals surface area contributed by atoms with E-state index < -0.39 is 11.8 Å². The molecule has 0 atom stereocenters. The first kappa shape index (κ1) is 14.6. The number of hydrazine groups is 1. The van der Waals surface area contributed by atoms with Crippen LogP contribution in [0.2, 0.25) is 0 Å². The quantitative estimate of drug-likeness (QED) is 0.523. The molecule has 108 valence electrons.